The van der Waals surface area contributed by atoms with Crippen LogP contribution in [0.2, 0.25) is 0 Å². The van der Waals surface area contributed by atoms with Gasteiger partial charge in [-0.1, -0.05) is 0 Å². The summed E-state index contributed by atoms with van der Waals surface area (Å²) in [6, 6.07) is 0. The predicted octanol–water partition coefficient (Wildman–Crippen LogP) is 1.26. The van der Waals surface area contributed by atoms with Gasteiger partial charge in [0.2, 0.25) is 0 Å². The molecule has 1 aliphatic rings. The zero-order chi connectivity index (χ0) is 11.5. The van der Waals surface area contributed by atoms with E-state index in [-0.39, 0.29) is 5.91 Å². The summed E-state index contributed by atoms with van der Waals surface area (Å²) in [6.45, 7) is 4.21. The number of aryl methyl sites for hydroxylation is 1. The van der Waals surface area contributed by atoms with Crippen LogP contribution in [0.25, 0.3) is 0 Å². The molecule has 1 saturated heterocycles. The van der Waals surface area contributed by atoms with Gasteiger partial charge < -0.3 is 10.6 Å². The van der Waals surface area contributed by atoms with Crippen LogP contribution >= 0.6 is 11.3 Å². The van der Waals surface area contributed by atoms with E-state index in [0.29, 0.717) is 12.5 Å². The number of nitrogens with two attached hydrogens (primary N) is 1. The number of carbonyl (C=O) groups excluding carboxylic acids is 1. The third-order valence-corrected chi connectivity index (χ3v) is 4.00. The fourth-order valence-electron chi connectivity index (χ4n) is 2.09. The predicted molar refractivity (Wildman–Crippen MR) is 64.5 cm³/mol. The van der Waals surface area contributed by atoms with Crippen molar-refractivity contribution in [1.82, 2.24) is 9.88 Å². The van der Waals surface area contributed by atoms with Crippen LogP contribution in [0.4, 0.5) is 0 Å². The normalized spacial score (nSPS) is 21.1. The van der Waals surface area contributed by atoms with E-state index in [0.717, 1.165) is 36.5 Å². The molecule has 1 aliphatic heterocycles. The molecule has 2 rings (SSSR count). The number of nitrogens with zero attached hydrogens (tertiary/aromatic N) is 2. The van der Waals surface area contributed by atoms with E-state index in [9.17, 15) is 4.79 Å². The van der Waals surface area contributed by atoms with E-state index in [4.69, 9.17) is 5.73 Å². The maximum Gasteiger partial charge on any atom is 0.265 e. The smallest absolute Gasteiger partial charge is 0.265 e. The Morgan fingerprint density at radius 2 is 2.56 bits per heavy atom. The van der Waals surface area contributed by atoms with E-state index in [1.54, 1.807) is 5.51 Å². The molecule has 2 heterocycles. The van der Waals surface area contributed by atoms with Crippen molar-refractivity contribution in [1.29, 1.82) is 0 Å². The number of piperidine rings is 1. The van der Waals surface area contributed by atoms with Crippen LogP contribution in [0, 0.1) is 12.8 Å². The summed E-state index contributed by atoms with van der Waals surface area (Å²) >= 11 is 1.43. The molecule has 0 spiro atoms. The summed E-state index contributed by atoms with van der Waals surface area (Å²) in [7, 11) is 0. The van der Waals surface area contributed by atoms with Crippen LogP contribution in [-0.4, -0.2) is 35.4 Å². The van der Waals surface area contributed by atoms with Crippen LogP contribution in [-0.2, 0) is 0 Å². The Balaban J connectivity index is 2.07. The fraction of sp³-hybridized carbons (Fsp3) is 0.636. The first kappa shape index (κ1) is 11.5. The summed E-state index contributed by atoms with van der Waals surface area (Å²) in [4.78, 5) is 19.0. The molecule has 16 heavy (non-hydrogen) atoms. The average Bonchev–Trinajstić information content (AvgIpc) is 2.74. The Kier molecular flexibility index (Phi) is 3.56. The molecule has 88 valence electrons. The lowest BCUT2D eigenvalue weighted by atomic mass is 9.98. The van der Waals surface area contributed by atoms with Crippen molar-refractivity contribution < 1.29 is 4.79 Å². The van der Waals surface area contributed by atoms with Gasteiger partial charge in [0.25, 0.3) is 5.91 Å². The van der Waals surface area contributed by atoms with Crippen LogP contribution in [0.15, 0.2) is 5.51 Å². The molecule has 4 nitrogen and oxygen atoms in total. The van der Waals surface area contributed by atoms with E-state index in [2.05, 4.69) is 4.98 Å². The number of aromatic nitrogens is 1. The SMILES string of the molecule is Cc1ncsc1C(=O)N1CCC[C@H](CN)C1. The highest BCUT2D eigenvalue weighted by molar-refractivity contribution is 7.11. The van der Waals surface area contributed by atoms with Crippen molar-refractivity contribution in [2.24, 2.45) is 11.7 Å². The zero-order valence-electron chi connectivity index (χ0n) is 9.48. The van der Waals surface area contributed by atoms with Crippen molar-refractivity contribution in [3.63, 3.8) is 0 Å². The van der Waals surface area contributed by atoms with E-state index >= 15 is 0 Å². The number of hydrogen-bond donors (Lipinski definition) is 1. The highest BCUT2D eigenvalue weighted by atomic mass is 32.1. The van der Waals surface area contributed by atoms with E-state index < -0.39 is 0 Å². The maximum absolute atomic E-state index is 12.2. The molecule has 1 aromatic rings. The second-order valence-corrected chi connectivity index (χ2v) is 5.12. The van der Waals surface area contributed by atoms with Gasteiger partial charge in [0.15, 0.2) is 0 Å². The Bertz CT molecular complexity index is 377. The van der Waals surface area contributed by atoms with Crippen LogP contribution in [0.5, 0.6) is 0 Å². The van der Waals surface area contributed by atoms with Crippen molar-refractivity contribution >= 4 is 17.2 Å². The number of thiazole rings is 1. The van der Waals surface area contributed by atoms with Crippen molar-refractivity contribution in [2.45, 2.75) is 19.8 Å². The summed E-state index contributed by atoms with van der Waals surface area (Å²) in [5, 5.41) is 0. The van der Waals surface area contributed by atoms with Gasteiger partial charge in [0.05, 0.1) is 11.2 Å². The number of likely N-dealkylation sites (tertiary alicyclic amines) is 1. The minimum absolute atomic E-state index is 0.123. The lowest BCUT2D eigenvalue weighted by molar-refractivity contribution is 0.0682. The monoisotopic (exact) mass is 239 g/mol. The Morgan fingerprint density at radius 1 is 1.75 bits per heavy atom. The molecule has 0 aromatic carbocycles. The first-order valence-electron chi connectivity index (χ1n) is 5.61. The van der Waals surface area contributed by atoms with Gasteiger partial charge in [-0.2, -0.15) is 0 Å². The molecule has 0 radical (unpaired) electrons. The number of amides is 1. The molecule has 2 N–H and O–H groups in total. The number of carbonyl (C=O) groups is 1. The highest BCUT2D eigenvalue weighted by Gasteiger charge is 2.25. The summed E-state index contributed by atoms with van der Waals surface area (Å²) in [6.07, 6.45) is 2.20. The summed E-state index contributed by atoms with van der Waals surface area (Å²) in [5.41, 5.74) is 8.23. The van der Waals surface area contributed by atoms with Crippen LogP contribution in [0.3, 0.4) is 0 Å². The molecular weight excluding hydrogens is 222 g/mol. The second kappa shape index (κ2) is 4.93. The standard InChI is InChI=1S/C11H17N3OS/c1-8-10(16-7-13-8)11(15)14-4-2-3-9(5-12)6-14/h7,9H,2-6,12H2,1H3/t9-/m1/s1. The first-order chi connectivity index (χ1) is 7.72. The van der Waals surface area contributed by atoms with Crippen molar-refractivity contribution in [3.05, 3.63) is 16.1 Å². The largest absolute Gasteiger partial charge is 0.338 e. The molecule has 1 aromatic heterocycles. The maximum atomic E-state index is 12.2. The van der Waals surface area contributed by atoms with Crippen molar-refractivity contribution in [3.8, 4) is 0 Å². The molecule has 1 fully saturated rings. The van der Waals surface area contributed by atoms with E-state index in [1.807, 2.05) is 11.8 Å². The highest BCUT2D eigenvalue weighted by Crippen LogP contribution is 2.20. The lowest BCUT2D eigenvalue weighted by Crippen LogP contribution is -2.42. The topological polar surface area (TPSA) is 59.2 Å². The van der Waals surface area contributed by atoms with Gasteiger partial charge in [-0.05, 0) is 32.2 Å². The van der Waals surface area contributed by atoms with Gasteiger partial charge >= 0.3 is 0 Å². The molecule has 0 unspecified atom stereocenters. The minimum atomic E-state index is 0.123. The molecule has 1 atom stereocenters. The quantitative estimate of drug-likeness (QED) is 0.845. The zero-order valence-corrected chi connectivity index (χ0v) is 10.3. The Labute approximate surface area is 99.5 Å². The number of rotatable bonds is 2. The molecule has 1 amide bonds. The number of hydrogen-bond acceptors (Lipinski definition) is 4. The van der Waals surface area contributed by atoms with Gasteiger partial charge in [0, 0.05) is 13.1 Å². The fourth-order valence-corrected chi connectivity index (χ4v) is 2.86. The first-order valence-corrected chi connectivity index (χ1v) is 6.49. The van der Waals surface area contributed by atoms with E-state index in [1.165, 1.54) is 11.3 Å². The molecule has 0 bridgehead atoms. The Hall–Kier alpha value is -0.940. The van der Waals surface area contributed by atoms with Crippen LogP contribution in [0.1, 0.15) is 28.2 Å². The molecule has 0 saturated carbocycles. The van der Waals surface area contributed by atoms with Crippen LogP contribution < -0.4 is 5.73 Å². The second-order valence-electron chi connectivity index (χ2n) is 4.26. The van der Waals surface area contributed by atoms with Gasteiger partial charge in [0.1, 0.15) is 4.88 Å². The van der Waals surface area contributed by atoms with Gasteiger partial charge in [-0.3, -0.25) is 4.79 Å². The summed E-state index contributed by atoms with van der Waals surface area (Å²) < 4.78 is 0. The summed E-state index contributed by atoms with van der Waals surface area (Å²) in [5.74, 6) is 0.587. The molecule has 5 heteroatoms. The van der Waals surface area contributed by atoms with Gasteiger partial charge in [-0.25, -0.2) is 4.98 Å². The molecule has 0 aliphatic carbocycles. The minimum Gasteiger partial charge on any atom is -0.338 e. The average molecular weight is 239 g/mol. The van der Waals surface area contributed by atoms with Crippen molar-refractivity contribution in [2.75, 3.05) is 19.6 Å². The Morgan fingerprint density at radius 3 is 3.19 bits per heavy atom. The van der Waals surface area contributed by atoms with Gasteiger partial charge in [-0.15, -0.1) is 11.3 Å². The third-order valence-electron chi connectivity index (χ3n) is 3.08. The molecular formula is C11H17N3OS. The lowest BCUT2D eigenvalue weighted by Gasteiger charge is -2.31. The third kappa shape index (κ3) is 2.25.